The Morgan fingerprint density at radius 1 is 1.19 bits per heavy atom. The zero-order valence-electron chi connectivity index (χ0n) is 13.6. The standard InChI is InChI=1S/C18H13N3O3S2/c1-24-10-6-3-2-5-9(10)14-12-13(19)15(18(22)23)26-17(12)21-16(20-14)11-7-4-8-25-11/h2-8H,19H2,1H3,(H,22,23). The maximum Gasteiger partial charge on any atom is 0.348 e. The van der Waals surface area contributed by atoms with Crippen molar-refractivity contribution in [2.24, 2.45) is 0 Å². The molecule has 130 valence electrons. The minimum absolute atomic E-state index is 0.0637. The van der Waals surface area contributed by atoms with Gasteiger partial charge in [0.25, 0.3) is 0 Å². The van der Waals surface area contributed by atoms with Crippen LogP contribution in [0, 0.1) is 0 Å². The number of nitrogens with two attached hydrogens (primary N) is 1. The number of hydrogen-bond acceptors (Lipinski definition) is 7. The molecule has 3 aromatic heterocycles. The van der Waals surface area contributed by atoms with E-state index in [0.29, 0.717) is 27.5 Å². The molecule has 0 unspecified atom stereocenters. The number of rotatable bonds is 4. The molecule has 3 N–H and O–H groups in total. The molecule has 0 aliphatic rings. The van der Waals surface area contributed by atoms with Crippen molar-refractivity contribution in [3.8, 4) is 27.7 Å². The lowest BCUT2D eigenvalue weighted by Crippen LogP contribution is -1.99. The highest BCUT2D eigenvalue weighted by Crippen LogP contribution is 2.42. The summed E-state index contributed by atoms with van der Waals surface area (Å²) in [5.41, 5.74) is 7.63. The predicted molar refractivity (Wildman–Crippen MR) is 104 cm³/mol. The number of fused-ring (bicyclic) bond motifs is 1. The number of carbonyl (C=O) groups is 1. The van der Waals surface area contributed by atoms with E-state index in [4.69, 9.17) is 15.5 Å². The third-order valence-electron chi connectivity index (χ3n) is 3.89. The van der Waals surface area contributed by atoms with Crippen molar-refractivity contribution in [3.63, 3.8) is 0 Å². The number of methoxy groups -OCH3 is 1. The zero-order valence-corrected chi connectivity index (χ0v) is 15.2. The number of hydrogen-bond donors (Lipinski definition) is 2. The van der Waals surface area contributed by atoms with Crippen LogP contribution < -0.4 is 10.5 Å². The first-order valence-electron chi connectivity index (χ1n) is 7.60. The van der Waals surface area contributed by atoms with Crippen LogP contribution in [-0.4, -0.2) is 28.2 Å². The molecule has 1 aromatic carbocycles. The Morgan fingerprint density at radius 3 is 2.69 bits per heavy atom. The van der Waals surface area contributed by atoms with Crippen LogP contribution in [0.5, 0.6) is 5.75 Å². The number of aromatic carboxylic acids is 1. The highest BCUT2D eigenvalue weighted by Gasteiger charge is 2.23. The normalized spacial score (nSPS) is 11.0. The van der Waals surface area contributed by atoms with E-state index in [-0.39, 0.29) is 10.6 Å². The molecule has 0 fully saturated rings. The first kappa shape index (κ1) is 16.5. The van der Waals surface area contributed by atoms with Gasteiger partial charge in [-0.15, -0.1) is 22.7 Å². The molecule has 0 saturated carbocycles. The van der Waals surface area contributed by atoms with Gasteiger partial charge >= 0.3 is 5.97 Å². The van der Waals surface area contributed by atoms with Crippen LogP contribution in [0.4, 0.5) is 5.69 Å². The first-order chi connectivity index (χ1) is 12.6. The molecule has 0 atom stereocenters. The number of nitrogens with zero attached hydrogens (tertiary/aromatic N) is 2. The van der Waals surface area contributed by atoms with Crippen molar-refractivity contribution in [2.45, 2.75) is 0 Å². The predicted octanol–water partition coefficient (Wildman–Crippen LogP) is 4.38. The smallest absolute Gasteiger partial charge is 0.348 e. The Labute approximate surface area is 156 Å². The van der Waals surface area contributed by atoms with Gasteiger partial charge in [-0.2, -0.15) is 0 Å². The second kappa shape index (κ2) is 6.40. The van der Waals surface area contributed by atoms with E-state index in [2.05, 4.69) is 4.98 Å². The van der Waals surface area contributed by atoms with Gasteiger partial charge in [-0.25, -0.2) is 14.8 Å². The van der Waals surface area contributed by atoms with Gasteiger partial charge in [0.1, 0.15) is 15.5 Å². The third-order valence-corrected chi connectivity index (χ3v) is 5.84. The van der Waals surface area contributed by atoms with Crippen LogP contribution in [-0.2, 0) is 0 Å². The Hall–Kier alpha value is -2.97. The molecule has 8 heteroatoms. The van der Waals surface area contributed by atoms with Crippen molar-refractivity contribution in [3.05, 3.63) is 46.7 Å². The van der Waals surface area contributed by atoms with Gasteiger partial charge in [0.2, 0.25) is 0 Å². The summed E-state index contributed by atoms with van der Waals surface area (Å²) in [4.78, 5) is 22.3. The summed E-state index contributed by atoms with van der Waals surface area (Å²) in [5, 5.41) is 11.9. The van der Waals surface area contributed by atoms with Crippen molar-refractivity contribution >= 4 is 44.5 Å². The molecular formula is C18H13N3O3S2. The number of aromatic nitrogens is 2. The van der Waals surface area contributed by atoms with Crippen LogP contribution in [0.3, 0.4) is 0 Å². The maximum absolute atomic E-state index is 11.5. The molecule has 26 heavy (non-hydrogen) atoms. The van der Waals surface area contributed by atoms with Gasteiger partial charge < -0.3 is 15.6 Å². The molecular weight excluding hydrogens is 370 g/mol. The molecule has 0 spiro atoms. The van der Waals surface area contributed by atoms with Crippen LogP contribution in [0.25, 0.3) is 32.2 Å². The van der Waals surface area contributed by atoms with E-state index < -0.39 is 5.97 Å². The van der Waals surface area contributed by atoms with E-state index in [1.807, 2.05) is 41.8 Å². The number of benzene rings is 1. The van der Waals surface area contributed by atoms with Gasteiger partial charge in [0.15, 0.2) is 5.82 Å². The summed E-state index contributed by atoms with van der Waals surface area (Å²) in [5.74, 6) is 0.0906. The average Bonchev–Trinajstić information content (AvgIpc) is 3.29. The molecule has 0 amide bonds. The fraction of sp³-hybridized carbons (Fsp3) is 0.0556. The lowest BCUT2D eigenvalue weighted by molar-refractivity contribution is 0.0703. The number of carboxylic acids is 1. The molecule has 0 bridgehead atoms. The van der Waals surface area contributed by atoms with Gasteiger partial charge in [-0.3, -0.25) is 0 Å². The van der Waals surface area contributed by atoms with E-state index >= 15 is 0 Å². The van der Waals surface area contributed by atoms with E-state index in [0.717, 1.165) is 21.8 Å². The number of carboxylic acid groups (broad SMARTS) is 1. The van der Waals surface area contributed by atoms with E-state index in [1.165, 1.54) is 11.3 Å². The molecule has 0 saturated heterocycles. The maximum atomic E-state index is 11.5. The highest BCUT2D eigenvalue weighted by molar-refractivity contribution is 7.21. The van der Waals surface area contributed by atoms with Crippen LogP contribution in [0.1, 0.15) is 9.67 Å². The molecule has 4 aromatic rings. The summed E-state index contributed by atoms with van der Waals surface area (Å²) in [6.45, 7) is 0. The topological polar surface area (TPSA) is 98.3 Å². The van der Waals surface area contributed by atoms with Gasteiger partial charge in [0.05, 0.1) is 28.8 Å². The quantitative estimate of drug-likeness (QED) is 0.543. The summed E-state index contributed by atoms with van der Waals surface area (Å²) < 4.78 is 5.46. The van der Waals surface area contributed by atoms with Crippen molar-refractivity contribution in [2.75, 3.05) is 12.8 Å². The highest BCUT2D eigenvalue weighted by atomic mass is 32.1. The first-order valence-corrected chi connectivity index (χ1v) is 9.30. The lowest BCUT2D eigenvalue weighted by Gasteiger charge is -2.10. The van der Waals surface area contributed by atoms with Crippen molar-refractivity contribution < 1.29 is 14.6 Å². The average molecular weight is 383 g/mol. The summed E-state index contributed by atoms with van der Waals surface area (Å²) in [6, 6.07) is 11.3. The Balaban J connectivity index is 2.10. The molecule has 4 rings (SSSR count). The molecule has 0 radical (unpaired) electrons. The lowest BCUT2D eigenvalue weighted by atomic mass is 10.1. The summed E-state index contributed by atoms with van der Waals surface area (Å²) >= 11 is 2.57. The number of anilines is 1. The fourth-order valence-electron chi connectivity index (χ4n) is 2.73. The van der Waals surface area contributed by atoms with Gasteiger partial charge in [-0.1, -0.05) is 18.2 Å². The van der Waals surface area contributed by atoms with Crippen LogP contribution >= 0.6 is 22.7 Å². The van der Waals surface area contributed by atoms with Gasteiger partial charge in [-0.05, 0) is 23.6 Å². The SMILES string of the molecule is COc1ccccc1-c1nc(-c2cccs2)nc2sc(C(=O)O)c(N)c12. The molecule has 6 nitrogen and oxygen atoms in total. The monoisotopic (exact) mass is 383 g/mol. The Kier molecular flexibility index (Phi) is 4.06. The molecule has 0 aliphatic carbocycles. The molecule has 3 heterocycles. The van der Waals surface area contributed by atoms with Crippen LogP contribution in [0.2, 0.25) is 0 Å². The fourth-order valence-corrected chi connectivity index (χ4v) is 4.32. The van der Waals surface area contributed by atoms with E-state index in [9.17, 15) is 9.90 Å². The number of nitrogen functional groups attached to an aromatic ring is 1. The number of ether oxygens (including phenoxy) is 1. The number of para-hydroxylation sites is 1. The Bertz CT molecular complexity index is 1120. The van der Waals surface area contributed by atoms with Gasteiger partial charge in [0, 0.05) is 5.56 Å². The second-order valence-corrected chi connectivity index (χ2v) is 7.35. The molecule has 0 aliphatic heterocycles. The third kappa shape index (κ3) is 2.59. The Morgan fingerprint density at radius 2 is 2.00 bits per heavy atom. The number of thiophene rings is 2. The van der Waals surface area contributed by atoms with E-state index in [1.54, 1.807) is 7.11 Å². The minimum atomic E-state index is -1.07. The largest absolute Gasteiger partial charge is 0.496 e. The van der Waals surface area contributed by atoms with Crippen molar-refractivity contribution in [1.29, 1.82) is 0 Å². The summed E-state index contributed by atoms with van der Waals surface area (Å²) in [7, 11) is 1.58. The zero-order chi connectivity index (χ0) is 18.3. The van der Waals surface area contributed by atoms with Crippen LogP contribution in [0.15, 0.2) is 41.8 Å². The minimum Gasteiger partial charge on any atom is -0.496 e. The second-order valence-electron chi connectivity index (χ2n) is 5.40. The van der Waals surface area contributed by atoms with Crippen molar-refractivity contribution in [1.82, 2.24) is 9.97 Å². The summed E-state index contributed by atoms with van der Waals surface area (Å²) in [6.07, 6.45) is 0.